The van der Waals surface area contributed by atoms with Crippen molar-refractivity contribution in [3.63, 3.8) is 0 Å². The second-order valence-electron chi connectivity index (χ2n) is 6.94. The fourth-order valence-electron chi connectivity index (χ4n) is 3.13. The lowest BCUT2D eigenvalue weighted by molar-refractivity contribution is -0.116. The predicted molar refractivity (Wildman–Crippen MR) is 106 cm³/mol. The number of nitrogens with one attached hydrogen (secondary N) is 1. The Morgan fingerprint density at radius 1 is 1.11 bits per heavy atom. The van der Waals surface area contributed by atoms with Crippen LogP contribution in [0.5, 0.6) is 11.5 Å². The van der Waals surface area contributed by atoms with Crippen LogP contribution in [0.3, 0.4) is 0 Å². The lowest BCUT2D eigenvalue weighted by Crippen LogP contribution is -2.17. The minimum atomic E-state index is -0.0874. The minimum absolute atomic E-state index is 0.0874. The number of carbonyl (C=O) groups excluding carboxylic acids is 1. The summed E-state index contributed by atoms with van der Waals surface area (Å²) in [5.41, 5.74) is 3.01. The van der Waals surface area contributed by atoms with E-state index in [1.54, 1.807) is 0 Å². The van der Waals surface area contributed by atoms with Crippen molar-refractivity contribution in [3.05, 3.63) is 53.6 Å². The van der Waals surface area contributed by atoms with E-state index in [1.165, 1.54) is 0 Å². The molecule has 0 aromatic heterocycles. The lowest BCUT2D eigenvalue weighted by atomic mass is 10.1. The van der Waals surface area contributed by atoms with Crippen molar-refractivity contribution < 1.29 is 19.0 Å². The summed E-state index contributed by atoms with van der Waals surface area (Å²) in [7, 11) is 0. The summed E-state index contributed by atoms with van der Waals surface area (Å²) < 4.78 is 17.0. The van der Waals surface area contributed by atoms with Crippen LogP contribution in [0, 0.1) is 13.8 Å². The van der Waals surface area contributed by atoms with E-state index in [2.05, 4.69) is 11.4 Å². The van der Waals surface area contributed by atoms with Crippen LogP contribution in [0.2, 0.25) is 0 Å². The van der Waals surface area contributed by atoms with E-state index in [9.17, 15) is 4.79 Å². The number of hydrogen-bond acceptors (Lipinski definition) is 4. The molecule has 1 aliphatic heterocycles. The Morgan fingerprint density at radius 3 is 2.67 bits per heavy atom. The van der Waals surface area contributed by atoms with E-state index in [0.717, 1.165) is 47.8 Å². The van der Waals surface area contributed by atoms with E-state index < -0.39 is 0 Å². The number of hydrogen-bond donors (Lipinski definition) is 1. The Balaban J connectivity index is 1.43. The van der Waals surface area contributed by atoms with Gasteiger partial charge in [-0.3, -0.25) is 4.79 Å². The Bertz CT molecular complexity index is 748. The number of ether oxygens (including phenoxy) is 3. The summed E-state index contributed by atoms with van der Waals surface area (Å²) >= 11 is 0. The number of carbonyl (C=O) groups is 1. The second kappa shape index (κ2) is 9.42. The van der Waals surface area contributed by atoms with Crippen molar-refractivity contribution in [2.45, 2.75) is 39.2 Å². The Labute approximate surface area is 160 Å². The summed E-state index contributed by atoms with van der Waals surface area (Å²) in [6.45, 7) is 5.75. The molecular weight excluding hydrogens is 342 g/mol. The molecule has 0 spiro atoms. The van der Waals surface area contributed by atoms with Gasteiger partial charge in [0.25, 0.3) is 0 Å². The molecule has 1 amide bonds. The fourth-order valence-corrected chi connectivity index (χ4v) is 3.13. The van der Waals surface area contributed by atoms with Crippen molar-refractivity contribution in [3.8, 4) is 11.5 Å². The molecule has 5 nitrogen and oxygen atoms in total. The van der Waals surface area contributed by atoms with Crippen LogP contribution < -0.4 is 14.8 Å². The maximum atomic E-state index is 12.2. The first-order valence-corrected chi connectivity index (χ1v) is 9.44. The molecule has 1 atom stereocenters. The van der Waals surface area contributed by atoms with Gasteiger partial charge in [-0.2, -0.15) is 0 Å². The molecular formula is C22H27NO4. The smallest absolute Gasteiger partial charge is 0.227 e. The average molecular weight is 369 g/mol. The Morgan fingerprint density at radius 2 is 1.93 bits per heavy atom. The van der Waals surface area contributed by atoms with Crippen molar-refractivity contribution in [2.24, 2.45) is 0 Å². The summed E-state index contributed by atoms with van der Waals surface area (Å²) in [6.07, 6.45) is 2.59. The zero-order valence-corrected chi connectivity index (χ0v) is 16.0. The summed E-state index contributed by atoms with van der Waals surface area (Å²) in [5, 5.41) is 2.89. The zero-order chi connectivity index (χ0) is 19.1. The Hall–Kier alpha value is -2.53. The zero-order valence-electron chi connectivity index (χ0n) is 16.0. The molecule has 0 radical (unpaired) electrons. The summed E-state index contributed by atoms with van der Waals surface area (Å²) in [6, 6.07) is 13.5. The van der Waals surface area contributed by atoms with Gasteiger partial charge in [0.1, 0.15) is 18.1 Å². The van der Waals surface area contributed by atoms with E-state index in [-0.39, 0.29) is 18.4 Å². The predicted octanol–water partition coefficient (Wildman–Crippen LogP) is 4.27. The number of amides is 1. The van der Waals surface area contributed by atoms with Gasteiger partial charge in [0.2, 0.25) is 5.91 Å². The molecule has 2 aromatic carbocycles. The minimum Gasteiger partial charge on any atom is -0.493 e. The third-order valence-electron chi connectivity index (χ3n) is 4.37. The van der Waals surface area contributed by atoms with Gasteiger partial charge >= 0.3 is 0 Å². The molecule has 1 fully saturated rings. The molecule has 3 rings (SSSR count). The average Bonchev–Trinajstić information content (AvgIpc) is 3.13. The Kier molecular flexibility index (Phi) is 6.71. The van der Waals surface area contributed by atoms with Crippen LogP contribution in [-0.2, 0) is 9.53 Å². The highest BCUT2D eigenvalue weighted by Crippen LogP contribution is 2.20. The molecule has 0 aliphatic carbocycles. The fraction of sp³-hybridized carbons (Fsp3) is 0.409. The molecule has 2 aromatic rings. The maximum absolute atomic E-state index is 12.2. The first-order chi connectivity index (χ1) is 13.1. The second-order valence-corrected chi connectivity index (χ2v) is 6.94. The number of aryl methyl sites for hydroxylation is 2. The van der Waals surface area contributed by atoms with Gasteiger partial charge in [0, 0.05) is 18.4 Å². The van der Waals surface area contributed by atoms with Crippen LogP contribution in [0.4, 0.5) is 5.69 Å². The van der Waals surface area contributed by atoms with Gasteiger partial charge in [-0.1, -0.05) is 12.1 Å². The van der Waals surface area contributed by atoms with Gasteiger partial charge < -0.3 is 19.5 Å². The third-order valence-corrected chi connectivity index (χ3v) is 4.37. The first-order valence-electron chi connectivity index (χ1n) is 9.44. The van der Waals surface area contributed by atoms with Crippen molar-refractivity contribution in [2.75, 3.05) is 25.1 Å². The highest BCUT2D eigenvalue weighted by molar-refractivity contribution is 5.90. The van der Waals surface area contributed by atoms with Crippen molar-refractivity contribution in [1.82, 2.24) is 0 Å². The third kappa shape index (κ3) is 6.29. The highest BCUT2D eigenvalue weighted by Gasteiger charge is 2.16. The lowest BCUT2D eigenvalue weighted by Gasteiger charge is -2.13. The normalized spacial score (nSPS) is 16.1. The molecule has 27 heavy (non-hydrogen) atoms. The van der Waals surface area contributed by atoms with Crippen LogP contribution >= 0.6 is 0 Å². The molecule has 0 unspecified atom stereocenters. The number of anilines is 1. The van der Waals surface area contributed by atoms with Crippen LogP contribution in [0.25, 0.3) is 0 Å². The standard InChI is InChI=1S/C22H27NO4/c1-16-11-17(2)13-21(12-16)26-10-8-22(24)23-18-5-3-6-19(14-18)27-15-20-7-4-9-25-20/h3,5-6,11-14,20H,4,7-10,15H2,1-2H3,(H,23,24)/t20-/m1/s1. The quantitative estimate of drug-likeness (QED) is 0.755. The molecule has 0 bridgehead atoms. The van der Waals surface area contributed by atoms with Gasteiger partial charge in [0.15, 0.2) is 0 Å². The van der Waals surface area contributed by atoms with E-state index >= 15 is 0 Å². The van der Waals surface area contributed by atoms with Crippen LogP contribution in [0.15, 0.2) is 42.5 Å². The van der Waals surface area contributed by atoms with Crippen molar-refractivity contribution in [1.29, 1.82) is 0 Å². The molecule has 0 saturated carbocycles. The van der Waals surface area contributed by atoms with E-state index in [1.807, 2.05) is 50.2 Å². The number of rotatable bonds is 8. The monoisotopic (exact) mass is 369 g/mol. The van der Waals surface area contributed by atoms with Crippen LogP contribution in [-0.4, -0.2) is 31.8 Å². The molecule has 1 N–H and O–H groups in total. The van der Waals surface area contributed by atoms with Gasteiger partial charge in [-0.05, 0) is 62.1 Å². The number of benzene rings is 2. The summed E-state index contributed by atoms with van der Waals surface area (Å²) in [4.78, 5) is 12.2. The van der Waals surface area contributed by atoms with Gasteiger partial charge in [-0.15, -0.1) is 0 Å². The van der Waals surface area contributed by atoms with E-state index in [4.69, 9.17) is 14.2 Å². The largest absolute Gasteiger partial charge is 0.493 e. The molecule has 1 heterocycles. The molecule has 144 valence electrons. The highest BCUT2D eigenvalue weighted by atomic mass is 16.5. The van der Waals surface area contributed by atoms with Crippen LogP contribution in [0.1, 0.15) is 30.4 Å². The van der Waals surface area contributed by atoms with E-state index in [0.29, 0.717) is 13.2 Å². The van der Waals surface area contributed by atoms with Crippen molar-refractivity contribution >= 4 is 11.6 Å². The molecule has 1 saturated heterocycles. The molecule has 5 heteroatoms. The SMILES string of the molecule is Cc1cc(C)cc(OCCC(=O)Nc2cccc(OC[C@H]3CCCO3)c2)c1. The van der Waals surface area contributed by atoms with Gasteiger partial charge in [-0.25, -0.2) is 0 Å². The molecule has 1 aliphatic rings. The first kappa shape index (κ1) is 19.2. The topological polar surface area (TPSA) is 56.8 Å². The summed E-state index contributed by atoms with van der Waals surface area (Å²) in [5.74, 6) is 1.44. The maximum Gasteiger partial charge on any atom is 0.227 e. The van der Waals surface area contributed by atoms with Gasteiger partial charge in [0.05, 0.1) is 19.1 Å².